The van der Waals surface area contributed by atoms with Gasteiger partial charge in [0.15, 0.2) is 5.78 Å². The molecular formula is C13H7ClF2O. The fourth-order valence-corrected chi connectivity index (χ4v) is 1.70. The number of hydrogen-bond donors (Lipinski definition) is 0. The van der Waals surface area contributed by atoms with Gasteiger partial charge in [0, 0.05) is 16.1 Å². The van der Waals surface area contributed by atoms with E-state index in [9.17, 15) is 13.6 Å². The lowest BCUT2D eigenvalue weighted by atomic mass is 10.0. The molecule has 0 atom stereocenters. The van der Waals surface area contributed by atoms with Crippen LogP contribution < -0.4 is 0 Å². The molecule has 1 nitrogen and oxygen atoms in total. The average molecular weight is 253 g/mol. The van der Waals surface area contributed by atoms with E-state index in [4.69, 9.17) is 11.6 Å². The second-order valence-corrected chi connectivity index (χ2v) is 3.93. The molecule has 86 valence electrons. The van der Waals surface area contributed by atoms with Gasteiger partial charge < -0.3 is 0 Å². The van der Waals surface area contributed by atoms with Crippen molar-refractivity contribution in [2.24, 2.45) is 0 Å². The van der Waals surface area contributed by atoms with Crippen LogP contribution in [-0.4, -0.2) is 5.78 Å². The summed E-state index contributed by atoms with van der Waals surface area (Å²) in [5.74, 6) is -1.58. The second kappa shape index (κ2) is 4.63. The Kier molecular flexibility index (Phi) is 3.20. The summed E-state index contributed by atoms with van der Waals surface area (Å²) in [6.07, 6.45) is 0. The minimum Gasteiger partial charge on any atom is -0.289 e. The van der Waals surface area contributed by atoms with Crippen LogP contribution in [0.5, 0.6) is 0 Å². The van der Waals surface area contributed by atoms with Gasteiger partial charge in [-0.2, -0.15) is 0 Å². The molecule has 0 unspecified atom stereocenters. The van der Waals surface area contributed by atoms with Crippen LogP contribution >= 0.6 is 11.6 Å². The van der Waals surface area contributed by atoms with Crippen molar-refractivity contribution in [3.05, 3.63) is 70.2 Å². The molecule has 0 aromatic heterocycles. The second-order valence-electron chi connectivity index (χ2n) is 3.50. The molecule has 0 aliphatic rings. The fourth-order valence-electron chi connectivity index (χ4n) is 1.48. The maximum absolute atomic E-state index is 13.1. The van der Waals surface area contributed by atoms with Crippen LogP contribution in [0, 0.1) is 11.6 Å². The standard InChI is InChI=1S/C13H7ClF2O/c14-10-4-9(6-12(16)7-10)13(17)8-2-1-3-11(15)5-8/h1-7H. The van der Waals surface area contributed by atoms with Crippen LogP contribution in [0.4, 0.5) is 8.78 Å². The molecule has 0 saturated heterocycles. The monoisotopic (exact) mass is 252 g/mol. The molecule has 0 bridgehead atoms. The highest BCUT2D eigenvalue weighted by Crippen LogP contribution is 2.17. The number of carbonyl (C=O) groups excluding carboxylic acids is 1. The molecule has 0 N–H and O–H groups in total. The van der Waals surface area contributed by atoms with Gasteiger partial charge in [-0.25, -0.2) is 8.78 Å². The smallest absolute Gasteiger partial charge is 0.193 e. The zero-order valence-corrected chi connectivity index (χ0v) is 9.34. The molecule has 4 heteroatoms. The number of ketones is 1. The predicted molar refractivity (Wildman–Crippen MR) is 61.2 cm³/mol. The van der Waals surface area contributed by atoms with E-state index in [2.05, 4.69) is 0 Å². The molecule has 0 spiro atoms. The van der Waals surface area contributed by atoms with Gasteiger partial charge in [0.2, 0.25) is 0 Å². The van der Waals surface area contributed by atoms with Crippen molar-refractivity contribution in [3.63, 3.8) is 0 Å². The topological polar surface area (TPSA) is 17.1 Å². The third-order valence-corrected chi connectivity index (χ3v) is 2.43. The zero-order chi connectivity index (χ0) is 12.4. The molecule has 2 aromatic carbocycles. The van der Waals surface area contributed by atoms with E-state index in [0.717, 1.165) is 18.2 Å². The molecule has 0 saturated carbocycles. The lowest BCUT2D eigenvalue weighted by Crippen LogP contribution is -2.02. The molecule has 2 aromatic rings. The molecular weight excluding hydrogens is 246 g/mol. The predicted octanol–water partition coefficient (Wildman–Crippen LogP) is 3.85. The highest BCUT2D eigenvalue weighted by atomic mass is 35.5. The van der Waals surface area contributed by atoms with Crippen molar-refractivity contribution in [2.75, 3.05) is 0 Å². The number of carbonyl (C=O) groups is 1. The Morgan fingerprint density at radius 1 is 0.941 bits per heavy atom. The van der Waals surface area contributed by atoms with Crippen LogP contribution in [0.1, 0.15) is 15.9 Å². The maximum Gasteiger partial charge on any atom is 0.193 e. The summed E-state index contributed by atoms with van der Waals surface area (Å²) in [4.78, 5) is 11.9. The zero-order valence-electron chi connectivity index (χ0n) is 8.58. The van der Waals surface area contributed by atoms with Crippen LogP contribution in [0.15, 0.2) is 42.5 Å². The minimum atomic E-state index is -0.600. The van der Waals surface area contributed by atoms with Crippen molar-refractivity contribution in [2.45, 2.75) is 0 Å². The molecule has 17 heavy (non-hydrogen) atoms. The van der Waals surface area contributed by atoms with Crippen molar-refractivity contribution in [1.82, 2.24) is 0 Å². The van der Waals surface area contributed by atoms with Crippen molar-refractivity contribution in [3.8, 4) is 0 Å². The van der Waals surface area contributed by atoms with Gasteiger partial charge in [0.1, 0.15) is 11.6 Å². The Morgan fingerprint density at radius 2 is 1.65 bits per heavy atom. The maximum atomic E-state index is 13.1. The first-order chi connectivity index (χ1) is 8.06. The lowest BCUT2D eigenvalue weighted by molar-refractivity contribution is 0.103. The quantitative estimate of drug-likeness (QED) is 0.742. The normalized spacial score (nSPS) is 10.3. The summed E-state index contributed by atoms with van der Waals surface area (Å²) >= 11 is 5.65. The van der Waals surface area contributed by atoms with E-state index in [1.807, 2.05) is 0 Å². The summed E-state index contributed by atoms with van der Waals surface area (Å²) in [5.41, 5.74) is 0.257. The first kappa shape index (κ1) is 11.7. The van der Waals surface area contributed by atoms with Crippen LogP contribution in [0.3, 0.4) is 0 Å². The Labute approximate surface area is 102 Å². The van der Waals surface area contributed by atoms with E-state index < -0.39 is 17.4 Å². The Hall–Kier alpha value is -1.74. The molecule has 0 fully saturated rings. The highest BCUT2D eigenvalue weighted by molar-refractivity contribution is 6.31. The third-order valence-electron chi connectivity index (χ3n) is 2.21. The Morgan fingerprint density at radius 3 is 2.29 bits per heavy atom. The minimum absolute atomic E-state index is 0.0978. The molecule has 0 heterocycles. The van der Waals surface area contributed by atoms with Gasteiger partial charge in [0.05, 0.1) is 0 Å². The number of halogens is 3. The first-order valence-electron chi connectivity index (χ1n) is 4.82. The third kappa shape index (κ3) is 2.68. The van der Waals surface area contributed by atoms with E-state index in [-0.39, 0.29) is 16.1 Å². The fraction of sp³-hybridized carbons (Fsp3) is 0. The molecule has 0 amide bonds. The Bertz CT molecular complexity index is 561. The van der Waals surface area contributed by atoms with Crippen LogP contribution in [-0.2, 0) is 0 Å². The molecule has 0 aliphatic carbocycles. The van der Waals surface area contributed by atoms with Gasteiger partial charge in [-0.05, 0) is 30.3 Å². The van der Waals surface area contributed by atoms with Crippen LogP contribution in [0.25, 0.3) is 0 Å². The van der Waals surface area contributed by atoms with Crippen molar-refractivity contribution < 1.29 is 13.6 Å². The number of hydrogen-bond acceptors (Lipinski definition) is 1. The molecule has 2 rings (SSSR count). The average Bonchev–Trinajstić information content (AvgIpc) is 2.26. The van der Waals surface area contributed by atoms with E-state index >= 15 is 0 Å². The lowest BCUT2D eigenvalue weighted by Gasteiger charge is -2.02. The summed E-state index contributed by atoms with van der Waals surface area (Å²) in [6, 6.07) is 8.73. The molecule has 0 aliphatic heterocycles. The number of rotatable bonds is 2. The van der Waals surface area contributed by atoms with E-state index in [1.165, 1.54) is 24.3 Å². The van der Waals surface area contributed by atoms with E-state index in [1.54, 1.807) is 0 Å². The summed E-state index contributed by atoms with van der Waals surface area (Å²) in [7, 11) is 0. The van der Waals surface area contributed by atoms with Gasteiger partial charge in [0.25, 0.3) is 0 Å². The van der Waals surface area contributed by atoms with Gasteiger partial charge in [-0.15, -0.1) is 0 Å². The Balaban J connectivity index is 2.43. The summed E-state index contributed by atoms with van der Waals surface area (Å²) in [5, 5.41) is 0.129. The highest BCUT2D eigenvalue weighted by Gasteiger charge is 2.11. The SMILES string of the molecule is O=C(c1cccc(F)c1)c1cc(F)cc(Cl)c1. The van der Waals surface area contributed by atoms with Gasteiger partial charge in [-0.3, -0.25) is 4.79 Å². The van der Waals surface area contributed by atoms with Crippen molar-refractivity contribution in [1.29, 1.82) is 0 Å². The van der Waals surface area contributed by atoms with Gasteiger partial charge >= 0.3 is 0 Å². The van der Waals surface area contributed by atoms with Crippen LogP contribution in [0.2, 0.25) is 5.02 Å². The van der Waals surface area contributed by atoms with Crippen molar-refractivity contribution >= 4 is 17.4 Å². The van der Waals surface area contributed by atoms with E-state index in [0.29, 0.717) is 0 Å². The largest absolute Gasteiger partial charge is 0.289 e. The molecule has 0 radical (unpaired) electrons. The summed E-state index contributed by atoms with van der Waals surface area (Å²) in [6.45, 7) is 0. The van der Waals surface area contributed by atoms with Gasteiger partial charge in [-0.1, -0.05) is 23.7 Å². The number of benzene rings is 2. The first-order valence-corrected chi connectivity index (χ1v) is 5.20. The summed E-state index contributed by atoms with van der Waals surface area (Å²) < 4.78 is 26.0.